The molecule has 0 fully saturated rings. The molecular formula is C32H29N3O4S. The lowest BCUT2D eigenvalue weighted by Crippen LogP contribution is -2.21. The molecule has 0 radical (unpaired) electrons. The van der Waals surface area contributed by atoms with Crippen LogP contribution in [0.3, 0.4) is 0 Å². The van der Waals surface area contributed by atoms with Gasteiger partial charge in [0.25, 0.3) is 0 Å². The van der Waals surface area contributed by atoms with Gasteiger partial charge in [0.2, 0.25) is 5.89 Å². The number of benzene rings is 3. The lowest BCUT2D eigenvalue weighted by Gasteiger charge is -2.15. The van der Waals surface area contributed by atoms with E-state index in [4.69, 9.17) is 24.2 Å². The van der Waals surface area contributed by atoms with Crippen molar-refractivity contribution in [1.29, 1.82) is 5.26 Å². The Morgan fingerprint density at radius 1 is 0.975 bits per heavy atom. The maximum atomic E-state index is 10.2. The van der Waals surface area contributed by atoms with Crippen LogP contribution in [0.4, 0.5) is 0 Å². The van der Waals surface area contributed by atoms with Gasteiger partial charge in [-0.3, -0.25) is 0 Å². The molecule has 2 N–H and O–H groups in total. The number of aryl methyl sites for hydroxylation is 2. The third-order valence-corrected chi connectivity index (χ3v) is 7.78. The van der Waals surface area contributed by atoms with E-state index < -0.39 is 6.10 Å². The number of aromatic nitrogens is 2. The number of nitriles is 1. The predicted octanol–water partition coefficient (Wildman–Crippen LogP) is 6.38. The van der Waals surface area contributed by atoms with Gasteiger partial charge in [0.1, 0.15) is 35.3 Å². The van der Waals surface area contributed by atoms with Crippen molar-refractivity contribution in [2.75, 3.05) is 13.2 Å². The van der Waals surface area contributed by atoms with Gasteiger partial charge in [-0.05, 0) is 66.9 Å². The summed E-state index contributed by atoms with van der Waals surface area (Å²) in [5, 5.41) is 31.6. The number of aliphatic hydroxyl groups excluding tert-OH is 2. The molecule has 0 aliphatic rings. The Bertz CT molecular complexity index is 1710. The van der Waals surface area contributed by atoms with Gasteiger partial charge in [0, 0.05) is 22.6 Å². The zero-order valence-corrected chi connectivity index (χ0v) is 23.3. The number of nitrogens with zero attached hydrogens (tertiary/aromatic N) is 3. The first-order chi connectivity index (χ1) is 19.4. The van der Waals surface area contributed by atoms with Gasteiger partial charge >= 0.3 is 0 Å². The average molecular weight is 552 g/mol. The molecule has 202 valence electrons. The zero-order chi connectivity index (χ0) is 28.2. The van der Waals surface area contributed by atoms with Crippen molar-refractivity contribution in [2.45, 2.75) is 37.7 Å². The summed E-state index contributed by atoms with van der Waals surface area (Å²) in [6.45, 7) is 5.44. The third kappa shape index (κ3) is 5.73. The molecule has 40 heavy (non-hydrogen) atoms. The molecule has 8 heteroatoms. The maximum Gasteiger partial charge on any atom is 0.226 e. The molecule has 0 saturated carbocycles. The molecule has 0 spiro atoms. The van der Waals surface area contributed by atoms with Gasteiger partial charge < -0.3 is 19.4 Å². The summed E-state index contributed by atoms with van der Waals surface area (Å²) in [6, 6.07) is 24.0. The molecule has 5 rings (SSSR count). The Balaban J connectivity index is 1.39. The van der Waals surface area contributed by atoms with Gasteiger partial charge in [-0.25, -0.2) is 9.97 Å². The van der Waals surface area contributed by atoms with E-state index in [2.05, 4.69) is 30.3 Å². The fraction of sp³-hybridized carbons (Fsp3) is 0.219. The number of pyridine rings is 1. The van der Waals surface area contributed by atoms with E-state index in [0.29, 0.717) is 28.0 Å². The first kappa shape index (κ1) is 27.4. The van der Waals surface area contributed by atoms with E-state index in [9.17, 15) is 10.4 Å². The van der Waals surface area contributed by atoms with Crippen LogP contribution in [0.5, 0.6) is 5.75 Å². The van der Waals surface area contributed by atoms with E-state index in [1.807, 2.05) is 51.1 Å². The molecule has 2 heterocycles. The Labute approximate surface area is 237 Å². The van der Waals surface area contributed by atoms with E-state index in [1.54, 1.807) is 12.1 Å². The molecule has 0 unspecified atom stereocenters. The monoisotopic (exact) mass is 551 g/mol. The molecule has 2 aromatic heterocycles. The number of rotatable bonds is 9. The molecule has 7 nitrogen and oxygen atoms in total. The maximum absolute atomic E-state index is 10.2. The Hall–Kier alpha value is -4.16. The summed E-state index contributed by atoms with van der Waals surface area (Å²) < 4.78 is 11.6. The summed E-state index contributed by atoms with van der Waals surface area (Å²) in [5.74, 6) is 2.38. The first-order valence-electron chi connectivity index (χ1n) is 12.9. The molecular weight excluding hydrogens is 522 g/mol. The highest BCUT2D eigenvalue weighted by molar-refractivity contribution is 7.98. The number of aliphatic hydroxyl groups is 2. The average Bonchev–Trinajstić information content (AvgIpc) is 3.36. The van der Waals surface area contributed by atoms with Crippen LogP contribution in [0, 0.1) is 32.1 Å². The van der Waals surface area contributed by atoms with Crippen molar-refractivity contribution in [1.82, 2.24) is 9.97 Å². The highest BCUT2D eigenvalue weighted by atomic mass is 32.2. The Kier molecular flexibility index (Phi) is 8.17. The molecule has 0 bridgehead atoms. The largest absolute Gasteiger partial charge is 0.491 e. The van der Waals surface area contributed by atoms with Gasteiger partial charge in [-0.2, -0.15) is 5.26 Å². The highest BCUT2D eigenvalue weighted by Crippen LogP contribution is 2.37. The van der Waals surface area contributed by atoms with Crippen molar-refractivity contribution in [3.05, 3.63) is 95.0 Å². The molecule has 0 amide bonds. The highest BCUT2D eigenvalue weighted by Gasteiger charge is 2.19. The van der Waals surface area contributed by atoms with E-state index >= 15 is 0 Å². The van der Waals surface area contributed by atoms with Crippen LogP contribution in [-0.2, 0) is 5.75 Å². The second kappa shape index (κ2) is 11.9. The van der Waals surface area contributed by atoms with E-state index in [-0.39, 0.29) is 13.2 Å². The van der Waals surface area contributed by atoms with Crippen molar-refractivity contribution >= 4 is 22.5 Å². The number of fused-ring (bicyclic) bond motifs is 1. The van der Waals surface area contributed by atoms with Gasteiger partial charge in [0.05, 0.1) is 17.9 Å². The van der Waals surface area contributed by atoms with Crippen molar-refractivity contribution in [2.24, 2.45) is 0 Å². The number of ether oxygens (including phenoxy) is 1. The molecule has 5 aromatic rings. The van der Waals surface area contributed by atoms with Crippen LogP contribution in [0.15, 0.2) is 76.2 Å². The van der Waals surface area contributed by atoms with Crippen LogP contribution in [0.2, 0.25) is 0 Å². The normalized spacial score (nSPS) is 11.9. The van der Waals surface area contributed by atoms with Crippen molar-refractivity contribution in [3.63, 3.8) is 0 Å². The second-order valence-corrected chi connectivity index (χ2v) is 10.5. The van der Waals surface area contributed by atoms with Crippen molar-refractivity contribution < 1.29 is 19.4 Å². The third-order valence-electron chi connectivity index (χ3n) is 6.79. The molecule has 0 aliphatic carbocycles. The number of hydrogen-bond donors (Lipinski definition) is 2. The van der Waals surface area contributed by atoms with Crippen LogP contribution in [-0.4, -0.2) is 39.5 Å². The Morgan fingerprint density at radius 3 is 2.42 bits per heavy atom. The van der Waals surface area contributed by atoms with Crippen LogP contribution in [0.1, 0.15) is 28.3 Å². The first-order valence-corrected chi connectivity index (χ1v) is 13.9. The van der Waals surface area contributed by atoms with Gasteiger partial charge in [-0.1, -0.05) is 54.2 Å². The summed E-state index contributed by atoms with van der Waals surface area (Å²) in [5.41, 5.74) is 5.71. The predicted molar refractivity (Wildman–Crippen MR) is 156 cm³/mol. The second-order valence-electron chi connectivity index (χ2n) is 9.53. The van der Waals surface area contributed by atoms with Crippen molar-refractivity contribution in [3.8, 4) is 34.4 Å². The lowest BCUT2D eigenvalue weighted by molar-refractivity contribution is 0.0536. The minimum atomic E-state index is -0.938. The van der Waals surface area contributed by atoms with Crippen LogP contribution >= 0.6 is 11.8 Å². The standard InChI is InChI=1S/C32H29N3O4S/c1-19-20(2)34-32(28(15-33)30(19)23-10-12-27(13-11-23)38-17-26(37)16-36)40-18-29-21(3)39-31(35-29)25-9-8-22-6-4-5-7-24(22)14-25/h4-14,26,36-37H,16-18H2,1-3H3/t26-/m0/s1. The summed E-state index contributed by atoms with van der Waals surface area (Å²) in [4.78, 5) is 9.53. The fourth-order valence-corrected chi connectivity index (χ4v) is 5.48. The van der Waals surface area contributed by atoms with Crippen LogP contribution < -0.4 is 4.74 Å². The molecule has 1 atom stereocenters. The number of hydrogen-bond acceptors (Lipinski definition) is 8. The lowest BCUT2D eigenvalue weighted by atomic mass is 9.96. The smallest absolute Gasteiger partial charge is 0.226 e. The number of thioether (sulfide) groups is 1. The summed E-state index contributed by atoms with van der Waals surface area (Å²) >= 11 is 1.47. The summed E-state index contributed by atoms with van der Waals surface area (Å²) in [6.07, 6.45) is -0.938. The van der Waals surface area contributed by atoms with E-state index in [0.717, 1.165) is 50.2 Å². The van der Waals surface area contributed by atoms with Gasteiger partial charge in [-0.15, -0.1) is 0 Å². The van der Waals surface area contributed by atoms with Gasteiger partial charge in [0.15, 0.2) is 0 Å². The Morgan fingerprint density at radius 2 is 1.70 bits per heavy atom. The summed E-state index contributed by atoms with van der Waals surface area (Å²) in [7, 11) is 0. The van der Waals surface area contributed by atoms with Crippen LogP contribution in [0.25, 0.3) is 33.4 Å². The number of oxazole rings is 1. The minimum absolute atomic E-state index is 0.00246. The molecule has 3 aromatic carbocycles. The zero-order valence-electron chi connectivity index (χ0n) is 22.5. The SMILES string of the molecule is Cc1nc(SCc2nc(-c3ccc4ccccc4c3)oc2C)c(C#N)c(-c2ccc(OC[C@@H](O)CO)cc2)c1C. The minimum Gasteiger partial charge on any atom is -0.491 e. The van der Waals surface area contributed by atoms with E-state index in [1.165, 1.54) is 11.8 Å². The fourth-order valence-electron chi connectivity index (χ4n) is 4.44. The quantitative estimate of drug-likeness (QED) is 0.203. The topological polar surface area (TPSA) is 112 Å². The molecule has 0 saturated heterocycles. The molecule has 0 aliphatic heterocycles.